The lowest BCUT2D eigenvalue weighted by atomic mass is 9.90. The summed E-state index contributed by atoms with van der Waals surface area (Å²) in [4.78, 5) is 54.2. The minimum atomic E-state index is -0.933. The van der Waals surface area contributed by atoms with Crippen LogP contribution in [0.1, 0.15) is 59.3 Å². The molecule has 3 fully saturated rings. The van der Waals surface area contributed by atoms with E-state index in [1.807, 2.05) is 17.9 Å². The largest absolute Gasteiger partial charge is 0.379 e. The molecule has 2 heterocycles. The maximum absolute atomic E-state index is 13.5. The van der Waals surface area contributed by atoms with Gasteiger partial charge in [0.05, 0.1) is 32.4 Å². The van der Waals surface area contributed by atoms with E-state index < -0.39 is 35.5 Å². The lowest BCUT2D eigenvalue weighted by molar-refractivity contribution is -0.134. The minimum absolute atomic E-state index is 0.124. The molecule has 4 atom stereocenters. The number of rotatable bonds is 14. The number of carbonyl (C=O) groups excluding carboxylic acids is 4. The zero-order valence-electron chi connectivity index (χ0n) is 23.1. The van der Waals surface area contributed by atoms with Gasteiger partial charge >= 0.3 is 0 Å². The van der Waals surface area contributed by atoms with Crippen molar-refractivity contribution in [2.75, 3.05) is 39.5 Å². The first-order valence-corrected chi connectivity index (χ1v) is 13.8. The number of epoxide rings is 1. The van der Waals surface area contributed by atoms with Crippen LogP contribution < -0.4 is 16.0 Å². The number of amides is 3. The molecule has 0 spiro atoms. The first-order valence-electron chi connectivity index (χ1n) is 13.8. The Bertz CT molecular complexity index is 903. The smallest absolute Gasteiger partial charge is 0.243 e. The van der Waals surface area contributed by atoms with Crippen molar-refractivity contribution in [2.24, 2.45) is 5.92 Å². The Hall–Kier alpha value is -2.56. The first-order chi connectivity index (χ1) is 18.1. The van der Waals surface area contributed by atoms with Crippen molar-refractivity contribution in [3.05, 3.63) is 24.3 Å². The molecule has 10 nitrogen and oxygen atoms in total. The van der Waals surface area contributed by atoms with E-state index >= 15 is 0 Å². The number of nitrogens with zero attached hydrogens (tertiary/aromatic N) is 1. The lowest BCUT2D eigenvalue weighted by Crippen LogP contribution is -2.57. The average molecular weight is 533 g/mol. The third-order valence-electron chi connectivity index (χ3n) is 7.72. The van der Waals surface area contributed by atoms with Gasteiger partial charge in [0.15, 0.2) is 5.78 Å². The molecule has 3 N–H and O–H groups in total. The molecule has 2 saturated heterocycles. The SMILES string of the molecule is C=C/C(=C\C)C[C@H](NC(=O)[C@H](C)NC(=O)CN1CCOCC1)C(=O)N[C@@H](CC1CCCC1)C(=O)[C@@]1(C)CO1. The fraction of sp³-hybridized carbons (Fsp3) is 0.714. The molecule has 0 aromatic carbocycles. The molecule has 3 rings (SSSR count). The van der Waals surface area contributed by atoms with Gasteiger partial charge in [-0.15, -0.1) is 0 Å². The van der Waals surface area contributed by atoms with E-state index in [0.29, 0.717) is 45.2 Å². The molecule has 1 aliphatic carbocycles. The molecule has 10 heteroatoms. The molecule has 0 aromatic heterocycles. The molecule has 0 aromatic rings. The van der Waals surface area contributed by atoms with Crippen LogP contribution in [0.5, 0.6) is 0 Å². The van der Waals surface area contributed by atoms with Crippen LogP contribution in [-0.2, 0) is 28.7 Å². The Labute approximate surface area is 225 Å². The monoisotopic (exact) mass is 532 g/mol. The van der Waals surface area contributed by atoms with E-state index in [0.717, 1.165) is 31.3 Å². The van der Waals surface area contributed by atoms with Gasteiger partial charge in [0, 0.05) is 19.5 Å². The number of morpholine rings is 1. The van der Waals surface area contributed by atoms with E-state index in [1.165, 1.54) is 0 Å². The third kappa shape index (κ3) is 8.74. The molecular formula is C28H44N4O6. The highest BCUT2D eigenvalue weighted by Gasteiger charge is 2.50. The molecule has 0 radical (unpaired) electrons. The maximum atomic E-state index is 13.5. The number of ketones is 1. The van der Waals surface area contributed by atoms with E-state index in [1.54, 1.807) is 19.9 Å². The van der Waals surface area contributed by atoms with Gasteiger partial charge < -0.3 is 25.4 Å². The van der Waals surface area contributed by atoms with Gasteiger partial charge in [0.1, 0.15) is 17.7 Å². The summed E-state index contributed by atoms with van der Waals surface area (Å²) in [5, 5.41) is 8.44. The molecule has 0 bridgehead atoms. The summed E-state index contributed by atoms with van der Waals surface area (Å²) in [6.45, 7) is 12.0. The van der Waals surface area contributed by atoms with E-state index in [2.05, 4.69) is 22.5 Å². The van der Waals surface area contributed by atoms with Crippen LogP contribution in [0.15, 0.2) is 24.3 Å². The van der Waals surface area contributed by atoms with Crippen molar-refractivity contribution >= 4 is 23.5 Å². The number of nitrogens with one attached hydrogen (secondary N) is 3. The Morgan fingerprint density at radius 1 is 1.05 bits per heavy atom. The fourth-order valence-electron chi connectivity index (χ4n) is 5.08. The number of hydrogen-bond donors (Lipinski definition) is 3. The molecule has 38 heavy (non-hydrogen) atoms. The summed E-state index contributed by atoms with van der Waals surface area (Å²) in [6, 6.07) is -2.45. The maximum Gasteiger partial charge on any atom is 0.243 e. The third-order valence-corrected chi connectivity index (χ3v) is 7.72. The topological polar surface area (TPSA) is 129 Å². The highest BCUT2D eigenvalue weighted by molar-refractivity contribution is 5.98. The van der Waals surface area contributed by atoms with Crippen molar-refractivity contribution in [3.8, 4) is 0 Å². The second-order valence-electron chi connectivity index (χ2n) is 10.8. The molecule has 0 unspecified atom stereocenters. The van der Waals surface area contributed by atoms with Gasteiger partial charge in [0.25, 0.3) is 0 Å². The normalized spacial score (nSPS) is 24.7. The summed E-state index contributed by atoms with van der Waals surface area (Å²) < 4.78 is 10.7. The van der Waals surface area contributed by atoms with Crippen LogP contribution in [0, 0.1) is 5.92 Å². The van der Waals surface area contributed by atoms with Crippen molar-refractivity contribution in [2.45, 2.75) is 83.0 Å². The quantitative estimate of drug-likeness (QED) is 0.227. The Morgan fingerprint density at radius 3 is 2.26 bits per heavy atom. The second-order valence-corrected chi connectivity index (χ2v) is 10.8. The molecule has 3 aliphatic rings. The zero-order valence-corrected chi connectivity index (χ0v) is 23.1. The summed E-state index contributed by atoms with van der Waals surface area (Å²) in [6.07, 6.45) is 8.58. The van der Waals surface area contributed by atoms with Gasteiger partial charge in [0.2, 0.25) is 17.7 Å². The van der Waals surface area contributed by atoms with E-state index in [9.17, 15) is 19.2 Å². The molecule has 1 saturated carbocycles. The van der Waals surface area contributed by atoms with Crippen molar-refractivity contribution in [3.63, 3.8) is 0 Å². The first kappa shape index (κ1) is 30.0. The molecule has 3 amide bonds. The molecular weight excluding hydrogens is 488 g/mol. The van der Waals surface area contributed by atoms with Crippen LogP contribution in [-0.4, -0.2) is 91.6 Å². The van der Waals surface area contributed by atoms with Gasteiger partial charge in [-0.1, -0.05) is 50.0 Å². The number of hydrogen-bond acceptors (Lipinski definition) is 7. The Balaban J connectivity index is 1.64. The highest BCUT2D eigenvalue weighted by Crippen LogP contribution is 2.33. The second kappa shape index (κ2) is 14.0. The number of carbonyl (C=O) groups is 4. The number of ether oxygens (including phenoxy) is 2. The summed E-state index contributed by atoms with van der Waals surface area (Å²) in [7, 11) is 0. The Morgan fingerprint density at radius 2 is 1.68 bits per heavy atom. The fourth-order valence-corrected chi connectivity index (χ4v) is 5.08. The predicted molar refractivity (Wildman–Crippen MR) is 143 cm³/mol. The molecule has 2 aliphatic heterocycles. The van der Waals surface area contributed by atoms with E-state index in [4.69, 9.17) is 9.47 Å². The van der Waals surface area contributed by atoms with E-state index in [-0.39, 0.29) is 24.7 Å². The lowest BCUT2D eigenvalue weighted by Gasteiger charge is -2.27. The summed E-state index contributed by atoms with van der Waals surface area (Å²) >= 11 is 0. The molecule has 212 valence electrons. The van der Waals surface area contributed by atoms with Gasteiger partial charge in [-0.3, -0.25) is 24.1 Å². The van der Waals surface area contributed by atoms with Crippen LogP contribution in [0.25, 0.3) is 0 Å². The van der Waals surface area contributed by atoms with Gasteiger partial charge in [-0.25, -0.2) is 0 Å². The number of allylic oxidation sites excluding steroid dienone is 2. The van der Waals surface area contributed by atoms with Crippen molar-refractivity contribution in [1.82, 2.24) is 20.9 Å². The number of Topliss-reactive ketones (excluding diaryl/α,β-unsaturated/α-hetero) is 1. The predicted octanol–water partition coefficient (Wildman–Crippen LogP) is 1.25. The summed E-state index contributed by atoms with van der Waals surface area (Å²) in [5.74, 6) is -0.930. The summed E-state index contributed by atoms with van der Waals surface area (Å²) in [5.41, 5.74) is -0.0740. The van der Waals surface area contributed by atoms with Crippen LogP contribution in [0.3, 0.4) is 0 Å². The van der Waals surface area contributed by atoms with Gasteiger partial charge in [-0.2, -0.15) is 0 Å². The average Bonchev–Trinajstić information content (AvgIpc) is 3.44. The van der Waals surface area contributed by atoms with Gasteiger partial charge in [-0.05, 0) is 33.1 Å². The van der Waals surface area contributed by atoms with Crippen molar-refractivity contribution < 1.29 is 28.7 Å². The highest BCUT2D eigenvalue weighted by atomic mass is 16.6. The minimum Gasteiger partial charge on any atom is -0.379 e. The van der Waals surface area contributed by atoms with Crippen LogP contribution in [0.4, 0.5) is 0 Å². The standard InChI is InChI=1S/C28H44N4O6/c1-5-20(6-2)15-23(31-26(35)19(3)29-24(33)17-32-11-13-37-14-12-32)27(36)30-22(16-21-9-7-8-10-21)25(34)28(4)18-38-28/h5-6,19,21-23H,1,7-18H2,2-4H3,(H,29,33)(H,30,36)(H,31,35)/b20-6+/t19-,22-,23-,28+/m0/s1. The van der Waals surface area contributed by atoms with Crippen LogP contribution >= 0.6 is 0 Å². The Kier molecular flexibility index (Phi) is 11.1. The van der Waals surface area contributed by atoms with Crippen LogP contribution in [0.2, 0.25) is 0 Å². The zero-order chi connectivity index (χ0) is 27.7. The van der Waals surface area contributed by atoms with Crippen molar-refractivity contribution in [1.29, 1.82) is 0 Å².